The van der Waals surface area contributed by atoms with Gasteiger partial charge in [0.2, 0.25) is 0 Å². The Labute approximate surface area is 90.7 Å². The smallest absolute Gasteiger partial charge is 0.299 e. The molecule has 2 N–H and O–H groups in total. The monoisotopic (exact) mass is 232 g/mol. The van der Waals surface area contributed by atoms with E-state index in [1.54, 1.807) is 0 Å². The normalized spacial score (nSPS) is 11.2. The number of aromatic nitrogens is 1. The molecule has 16 heavy (non-hydrogen) atoms. The van der Waals surface area contributed by atoms with Crippen molar-refractivity contribution < 1.29 is 17.9 Å². The Morgan fingerprint density at radius 1 is 1.56 bits per heavy atom. The average Bonchev–Trinajstić information content (AvgIpc) is 2.27. The van der Waals surface area contributed by atoms with Crippen molar-refractivity contribution in [2.75, 3.05) is 6.61 Å². The van der Waals surface area contributed by atoms with Crippen LogP contribution in [0.5, 0.6) is 5.88 Å². The summed E-state index contributed by atoms with van der Waals surface area (Å²) in [6.45, 7) is 2.05. The van der Waals surface area contributed by atoms with E-state index in [0.29, 0.717) is 11.6 Å². The third kappa shape index (κ3) is 3.23. The van der Waals surface area contributed by atoms with Gasteiger partial charge in [-0.1, -0.05) is 6.58 Å². The number of nitrogens with two attached hydrogens (primary N) is 1. The summed E-state index contributed by atoms with van der Waals surface area (Å²) in [6.07, 6.45) is 1.70. The molecule has 0 saturated heterocycles. The van der Waals surface area contributed by atoms with Crippen LogP contribution in [0, 0.1) is 5.82 Å². The van der Waals surface area contributed by atoms with Crippen LogP contribution in [0.15, 0.2) is 24.9 Å². The molecular formula is C10H11F3N2O. The molecule has 0 saturated carbocycles. The van der Waals surface area contributed by atoms with Gasteiger partial charge in [0, 0.05) is 12.7 Å². The van der Waals surface area contributed by atoms with E-state index in [2.05, 4.69) is 16.3 Å². The first-order valence-electron chi connectivity index (χ1n) is 4.47. The third-order valence-corrected chi connectivity index (χ3v) is 1.80. The number of alkyl halides is 2. The topological polar surface area (TPSA) is 48.1 Å². The van der Waals surface area contributed by atoms with Gasteiger partial charge in [0.15, 0.2) is 12.4 Å². The fraction of sp³-hybridized carbons (Fsp3) is 0.300. The zero-order chi connectivity index (χ0) is 12.2. The molecule has 0 aliphatic rings. The molecule has 0 bridgehead atoms. The lowest BCUT2D eigenvalue weighted by Gasteiger charge is -2.12. The first-order valence-corrected chi connectivity index (χ1v) is 4.47. The summed E-state index contributed by atoms with van der Waals surface area (Å²) in [6, 6.07) is 1.09. The molecule has 0 atom stereocenters. The predicted octanol–water partition coefficient (Wildman–Crippen LogP) is 1.88. The van der Waals surface area contributed by atoms with E-state index in [4.69, 9.17) is 5.73 Å². The van der Waals surface area contributed by atoms with Gasteiger partial charge in [-0.3, -0.25) is 0 Å². The minimum absolute atomic E-state index is 0.118. The van der Waals surface area contributed by atoms with Crippen LogP contribution < -0.4 is 10.5 Å². The zero-order valence-electron chi connectivity index (χ0n) is 8.42. The molecule has 0 fully saturated rings. The molecule has 1 aromatic rings. The largest absolute Gasteiger partial charge is 0.469 e. The fourth-order valence-corrected chi connectivity index (χ4v) is 0.906. The van der Waals surface area contributed by atoms with Gasteiger partial charge >= 0.3 is 0 Å². The Morgan fingerprint density at radius 3 is 2.75 bits per heavy atom. The SMILES string of the molecule is C=CC(F)(F)COc1ncc(CN)cc1F. The summed E-state index contributed by atoms with van der Waals surface area (Å²) in [5, 5.41) is 0. The minimum atomic E-state index is -3.21. The van der Waals surface area contributed by atoms with Gasteiger partial charge in [-0.05, 0) is 17.7 Å². The third-order valence-electron chi connectivity index (χ3n) is 1.80. The lowest BCUT2D eigenvalue weighted by molar-refractivity contribution is 0.00265. The highest BCUT2D eigenvalue weighted by Gasteiger charge is 2.26. The molecule has 1 heterocycles. The second-order valence-electron chi connectivity index (χ2n) is 3.09. The molecule has 88 valence electrons. The molecule has 0 amide bonds. The van der Waals surface area contributed by atoms with Crippen LogP contribution in [0.2, 0.25) is 0 Å². The van der Waals surface area contributed by atoms with E-state index in [1.165, 1.54) is 6.20 Å². The number of rotatable bonds is 5. The van der Waals surface area contributed by atoms with E-state index in [0.717, 1.165) is 6.07 Å². The van der Waals surface area contributed by atoms with Gasteiger partial charge < -0.3 is 10.5 Å². The zero-order valence-corrected chi connectivity index (χ0v) is 8.42. The number of pyridine rings is 1. The number of halogens is 3. The number of ether oxygens (including phenoxy) is 1. The maximum atomic E-state index is 13.2. The Morgan fingerprint density at radius 2 is 2.25 bits per heavy atom. The van der Waals surface area contributed by atoms with Crippen LogP contribution in [0.25, 0.3) is 0 Å². The molecule has 1 rings (SSSR count). The van der Waals surface area contributed by atoms with Gasteiger partial charge in [0.25, 0.3) is 11.8 Å². The van der Waals surface area contributed by atoms with Crippen molar-refractivity contribution in [3.8, 4) is 5.88 Å². The summed E-state index contributed by atoms with van der Waals surface area (Å²) in [4.78, 5) is 3.54. The predicted molar refractivity (Wildman–Crippen MR) is 52.7 cm³/mol. The highest BCUT2D eigenvalue weighted by Crippen LogP contribution is 2.19. The summed E-state index contributed by atoms with van der Waals surface area (Å²) < 4.78 is 43.2. The van der Waals surface area contributed by atoms with Crippen molar-refractivity contribution in [1.29, 1.82) is 0 Å². The van der Waals surface area contributed by atoms with E-state index >= 15 is 0 Å². The van der Waals surface area contributed by atoms with Crippen LogP contribution in [-0.2, 0) is 6.54 Å². The number of nitrogens with zero attached hydrogens (tertiary/aromatic N) is 1. The molecular weight excluding hydrogens is 221 g/mol. The first-order chi connectivity index (χ1) is 7.48. The van der Waals surface area contributed by atoms with E-state index in [1.807, 2.05) is 0 Å². The highest BCUT2D eigenvalue weighted by molar-refractivity contribution is 5.20. The van der Waals surface area contributed by atoms with Gasteiger partial charge in [-0.15, -0.1) is 0 Å². The van der Waals surface area contributed by atoms with Gasteiger partial charge in [-0.2, -0.15) is 8.78 Å². The lowest BCUT2D eigenvalue weighted by atomic mass is 10.3. The Kier molecular flexibility index (Phi) is 3.89. The van der Waals surface area contributed by atoms with E-state index in [9.17, 15) is 13.2 Å². The molecule has 0 aliphatic heterocycles. The Hall–Kier alpha value is -1.56. The van der Waals surface area contributed by atoms with Crippen molar-refractivity contribution in [2.45, 2.75) is 12.5 Å². The van der Waals surface area contributed by atoms with Crippen LogP contribution in [-0.4, -0.2) is 17.5 Å². The highest BCUT2D eigenvalue weighted by atomic mass is 19.3. The van der Waals surface area contributed by atoms with Gasteiger partial charge in [0.1, 0.15) is 0 Å². The molecule has 0 unspecified atom stereocenters. The molecule has 3 nitrogen and oxygen atoms in total. The summed E-state index contributed by atoms with van der Waals surface area (Å²) in [5.74, 6) is -4.50. The van der Waals surface area contributed by atoms with E-state index < -0.39 is 24.2 Å². The summed E-state index contributed by atoms with van der Waals surface area (Å²) in [5.41, 5.74) is 5.71. The molecule has 6 heteroatoms. The molecule has 0 aromatic carbocycles. The quantitative estimate of drug-likeness (QED) is 0.788. The van der Waals surface area contributed by atoms with Crippen molar-refractivity contribution in [3.05, 3.63) is 36.3 Å². The standard InChI is InChI=1S/C10H11F3N2O/c1-2-10(12,13)6-16-9-8(11)3-7(4-14)5-15-9/h2-3,5H,1,4,6,14H2. The second kappa shape index (κ2) is 4.98. The summed E-state index contributed by atoms with van der Waals surface area (Å²) >= 11 is 0. The lowest BCUT2D eigenvalue weighted by Crippen LogP contribution is -2.23. The van der Waals surface area contributed by atoms with Crippen molar-refractivity contribution in [3.63, 3.8) is 0 Å². The minimum Gasteiger partial charge on any atom is -0.469 e. The number of hydrogen-bond acceptors (Lipinski definition) is 3. The molecule has 0 aliphatic carbocycles. The van der Waals surface area contributed by atoms with E-state index in [-0.39, 0.29) is 6.54 Å². The molecule has 0 spiro atoms. The Balaban J connectivity index is 2.71. The molecule has 0 radical (unpaired) electrons. The maximum Gasteiger partial charge on any atom is 0.299 e. The Bertz CT molecular complexity index is 382. The molecule has 1 aromatic heterocycles. The van der Waals surface area contributed by atoms with Crippen LogP contribution in [0.1, 0.15) is 5.56 Å². The van der Waals surface area contributed by atoms with Crippen LogP contribution in [0.4, 0.5) is 13.2 Å². The average molecular weight is 232 g/mol. The van der Waals surface area contributed by atoms with Crippen molar-refractivity contribution >= 4 is 0 Å². The second-order valence-corrected chi connectivity index (χ2v) is 3.09. The van der Waals surface area contributed by atoms with Crippen molar-refractivity contribution in [2.24, 2.45) is 5.73 Å². The maximum absolute atomic E-state index is 13.2. The van der Waals surface area contributed by atoms with Gasteiger partial charge in [0.05, 0.1) is 0 Å². The van der Waals surface area contributed by atoms with Crippen LogP contribution >= 0.6 is 0 Å². The fourth-order valence-electron chi connectivity index (χ4n) is 0.906. The van der Waals surface area contributed by atoms with Crippen molar-refractivity contribution in [1.82, 2.24) is 4.98 Å². The summed E-state index contributed by atoms with van der Waals surface area (Å²) in [7, 11) is 0. The first kappa shape index (κ1) is 12.5. The number of hydrogen-bond donors (Lipinski definition) is 1. The van der Waals surface area contributed by atoms with Gasteiger partial charge in [-0.25, -0.2) is 9.37 Å². The van der Waals surface area contributed by atoms with Crippen LogP contribution in [0.3, 0.4) is 0 Å².